The summed E-state index contributed by atoms with van der Waals surface area (Å²) < 4.78 is 52.5. The maximum Gasteiger partial charge on any atom is 0.416 e. The van der Waals surface area contributed by atoms with Crippen LogP contribution in [0.25, 0.3) is 0 Å². The van der Waals surface area contributed by atoms with Crippen LogP contribution in [0.5, 0.6) is 0 Å². The van der Waals surface area contributed by atoms with E-state index in [1.807, 2.05) is 32.0 Å². The van der Waals surface area contributed by atoms with E-state index in [-0.39, 0.29) is 18.4 Å². The minimum Gasteiger partial charge on any atom is -0.348 e. The number of nitrogens with one attached hydrogen (secondary N) is 1. The summed E-state index contributed by atoms with van der Waals surface area (Å²) in [7, 11) is 0. The maximum absolute atomic E-state index is 13.7. The van der Waals surface area contributed by atoms with Crippen LogP contribution >= 0.6 is 0 Å². The number of halogens is 4. The summed E-state index contributed by atoms with van der Waals surface area (Å²) in [4.78, 5) is 13.8. The van der Waals surface area contributed by atoms with Crippen molar-refractivity contribution in [2.24, 2.45) is 0 Å². The van der Waals surface area contributed by atoms with Crippen molar-refractivity contribution in [2.45, 2.75) is 51.9 Å². The standard InChI is InChI=1S/C21H20F4N2O.C2H6/c22-18-7-13(6-17(9-18)21(23,24)25)11-27-5-1-2-15(12-27)14-3-4-19-16(8-14)10-26-20(19)28;1-2/h3-4,6-9,15H,1-2,5,10-12H2,(H,26,28);1-2H3. The van der Waals surface area contributed by atoms with Crippen LogP contribution in [-0.2, 0) is 19.3 Å². The van der Waals surface area contributed by atoms with E-state index in [1.54, 1.807) is 0 Å². The normalized spacial score (nSPS) is 19.0. The molecule has 7 heteroatoms. The zero-order valence-corrected chi connectivity index (χ0v) is 17.2. The lowest BCUT2D eigenvalue weighted by Gasteiger charge is -2.33. The Hall–Kier alpha value is -2.41. The van der Waals surface area contributed by atoms with Gasteiger partial charge >= 0.3 is 6.18 Å². The number of hydrogen-bond acceptors (Lipinski definition) is 2. The SMILES string of the molecule is CC.O=C1NCc2cc(C3CCCN(Cc4cc(F)cc(C(F)(F)F)c4)C3)ccc21. The van der Waals surface area contributed by atoms with Crippen LogP contribution < -0.4 is 5.32 Å². The zero-order chi connectivity index (χ0) is 21.9. The van der Waals surface area contributed by atoms with Crippen molar-refractivity contribution in [3.63, 3.8) is 0 Å². The minimum atomic E-state index is -4.56. The first-order valence-electron chi connectivity index (χ1n) is 10.3. The number of likely N-dealkylation sites (tertiary alicyclic amines) is 1. The van der Waals surface area contributed by atoms with Crippen LogP contribution in [0, 0.1) is 5.82 Å². The third kappa shape index (κ3) is 5.01. The van der Waals surface area contributed by atoms with Gasteiger partial charge in [0.2, 0.25) is 0 Å². The van der Waals surface area contributed by atoms with E-state index in [2.05, 4.69) is 10.2 Å². The summed E-state index contributed by atoms with van der Waals surface area (Å²) in [6.07, 6.45) is -2.66. The highest BCUT2D eigenvalue weighted by atomic mass is 19.4. The van der Waals surface area contributed by atoms with Crippen LogP contribution in [0.15, 0.2) is 36.4 Å². The van der Waals surface area contributed by atoms with Crippen LogP contribution in [0.1, 0.15) is 65.2 Å². The maximum atomic E-state index is 13.7. The highest BCUT2D eigenvalue weighted by molar-refractivity contribution is 5.98. The fraction of sp³-hybridized carbons (Fsp3) is 0.435. The first-order chi connectivity index (χ1) is 14.3. The van der Waals surface area contributed by atoms with Crippen molar-refractivity contribution in [1.29, 1.82) is 0 Å². The molecule has 2 aliphatic heterocycles. The summed E-state index contributed by atoms with van der Waals surface area (Å²) in [5.74, 6) is -0.682. The van der Waals surface area contributed by atoms with E-state index in [0.29, 0.717) is 30.3 Å². The van der Waals surface area contributed by atoms with Crippen molar-refractivity contribution in [3.8, 4) is 0 Å². The number of rotatable bonds is 3. The van der Waals surface area contributed by atoms with E-state index < -0.39 is 17.6 Å². The molecule has 2 aliphatic rings. The lowest BCUT2D eigenvalue weighted by atomic mass is 9.88. The predicted molar refractivity (Wildman–Crippen MR) is 108 cm³/mol. The Balaban J connectivity index is 0.00000124. The van der Waals surface area contributed by atoms with Gasteiger partial charge in [-0.1, -0.05) is 26.0 Å². The number of piperidine rings is 1. The molecule has 30 heavy (non-hydrogen) atoms. The van der Waals surface area contributed by atoms with Crippen LogP contribution in [0.3, 0.4) is 0 Å². The Morgan fingerprint density at radius 2 is 1.90 bits per heavy atom. The summed E-state index contributed by atoms with van der Waals surface area (Å²) in [6.45, 7) is 6.27. The average molecular weight is 422 g/mol. The molecule has 4 rings (SSSR count). The number of benzene rings is 2. The summed E-state index contributed by atoms with van der Waals surface area (Å²) >= 11 is 0. The molecule has 1 saturated heterocycles. The van der Waals surface area contributed by atoms with Crippen molar-refractivity contribution in [1.82, 2.24) is 10.2 Å². The second-order valence-corrected chi connectivity index (χ2v) is 7.52. The van der Waals surface area contributed by atoms with Crippen LogP contribution in [-0.4, -0.2) is 23.9 Å². The molecule has 0 saturated carbocycles. The van der Waals surface area contributed by atoms with Gasteiger partial charge in [-0.05, 0) is 66.3 Å². The Labute approximate surface area is 174 Å². The molecule has 3 nitrogen and oxygen atoms in total. The minimum absolute atomic E-state index is 0.0570. The van der Waals surface area contributed by atoms with Crippen LogP contribution in [0.4, 0.5) is 17.6 Å². The predicted octanol–water partition coefficient (Wildman–Crippen LogP) is 5.49. The first-order valence-corrected chi connectivity index (χ1v) is 10.3. The molecular weight excluding hydrogens is 396 g/mol. The van der Waals surface area contributed by atoms with E-state index in [9.17, 15) is 22.4 Å². The Morgan fingerprint density at radius 3 is 2.63 bits per heavy atom. The number of carbonyl (C=O) groups is 1. The largest absolute Gasteiger partial charge is 0.416 e. The van der Waals surface area contributed by atoms with Gasteiger partial charge in [0.25, 0.3) is 5.91 Å². The van der Waals surface area contributed by atoms with Crippen molar-refractivity contribution < 1.29 is 22.4 Å². The highest BCUT2D eigenvalue weighted by Crippen LogP contribution is 2.33. The summed E-state index contributed by atoms with van der Waals surface area (Å²) in [5.41, 5.74) is 2.20. The number of fused-ring (bicyclic) bond motifs is 1. The second kappa shape index (κ2) is 9.16. The van der Waals surface area contributed by atoms with E-state index in [4.69, 9.17) is 0 Å². The molecule has 162 valence electrons. The van der Waals surface area contributed by atoms with Crippen molar-refractivity contribution >= 4 is 5.91 Å². The van der Waals surface area contributed by atoms with Crippen LogP contribution in [0.2, 0.25) is 0 Å². The third-order valence-corrected chi connectivity index (χ3v) is 5.48. The van der Waals surface area contributed by atoms with E-state index >= 15 is 0 Å². The second-order valence-electron chi connectivity index (χ2n) is 7.52. The molecule has 2 aromatic carbocycles. The summed E-state index contributed by atoms with van der Waals surface area (Å²) in [5, 5.41) is 2.80. The van der Waals surface area contributed by atoms with Crippen molar-refractivity contribution in [2.75, 3.05) is 13.1 Å². The first kappa shape index (κ1) is 22.3. The molecule has 0 spiro atoms. The quantitative estimate of drug-likeness (QED) is 0.663. The Morgan fingerprint density at radius 1 is 1.13 bits per heavy atom. The lowest BCUT2D eigenvalue weighted by Crippen LogP contribution is -2.34. The van der Waals surface area contributed by atoms with Gasteiger partial charge in [0.05, 0.1) is 5.56 Å². The lowest BCUT2D eigenvalue weighted by molar-refractivity contribution is -0.137. The van der Waals surface area contributed by atoms with Gasteiger partial charge in [-0.2, -0.15) is 13.2 Å². The van der Waals surface area contributed by atoms with Crippen molar-refractivity contribution in [3.05, 3.63) is 70.0 Å². The molecule has 2 aromatic rings. The monoisotopic (exact) mass is 422 g/mol. The fourth-order valence-corrected chi connectivity index (χ4v) is 4.14. The average Bonchev–Trinajstić information content (AvgIpc) is 3.09. The molecule has 1 amide bonds. The fourth-order valence-electron chi connectivity index (χ4n) is 4.14. The van der Waals surface area contributed by atoms with Gasteiger partial charge < -0.3 is 5.32 Å². The summed E-state index contributed by atoms with van der Waals surface area (Å²) in [6, 6.07) is 8.58. The third-order valence-electron chi connectivity index (χ3n) is 5.48. The molecule has 0 radical (unpaired) electrons. The zero-order valence-electron chi connectivity index (χ0n) is 17.2. The van der Waals surface area contributed by atoms with E-state index in [0.717, 1.165) is 36.6 Å². The molecule has 0 aliphatic carbocycles. The van der Waals surface area contributed by atoms with Gasteiger partial charge in [-0.3, -0.25) is 9.69 Å². The van der Waals surface area contributed by atoms with Gasteiger partial charge in [-0.15, -0.1) is 0 Å². The van der Waals surface area contributed by atoms with Gasteiger partial charge in [0, 0.05) is 25.2 Å². The molecule has 2 heterocycles. The molecule has 1 atom stereocenters. The van der Waals surface area contributed by atoms with Gasteiger partial charge in [0.1, 0.15) is 5.82 Å². The smallest absolute Gasteiger partial charge is 0.348 e. The van der Waals surface area contributed by atoms with Gasteiger partial charge in [0.15, 0.2) is 0 Å². The highest BCUT2D eigenvalue weighted by Gasteiger charge is 2.32. The Bertz CT molecular complexity index is 911. The number of hydrogen-bond donors (Lipinski definition) is 1. The molecule has 0 bridgehead atoms. The molecule has 1 fully saturated rings. The van der Waals surface area contributed by atoms with Gasteiger partial charge in [-0.25, -0.2) is 4.39 Å². The molecule has 1 N–H and O–H groups in total. The number of amides is 1. The van der Waals surface area contributed by atoms with E-state index in [1.165, 1.54) is 6.07 Å². The molecule has 0 aromatic heterocycles. The topological polar surface area (TPSA) is 32.3 Å². The Kier molecular flexibility index (Phi) is 6.81. The molecule has 1 unspecified atom stereocenters. The number of nitrogens with zero attached hydrogens (tertiary/aromatic N) is 1. The number of alkyl halides is 3. The number of carbonyl (C=O) groups excluding carboxylic acids is 1. The molecular formula is C23H26F4N2O.